The molecule has 0 unspecified atom stereocenters. The van der Waals surface area contributed by atoms with Crippen molar-refractivity contribution >= 4 is 11.0 Å². The number of fused-ring (bicyclic) bond motifs is 1. The fourth-order valence-electron chi connectivity index (χ4n) is 8.08. The van der Waals surface area contributed by atoms with Gasteiger partial charge >= 0.3 is 21.1 Å². The Morgan fingerprint density at radius 3 is 1.83 bits per heavy atom. The maximum Gasteiger partial charge on any atom is 2.00 e. The molecule has 4 nitrogen and oxygen atoms in total. The van der Waals surface area contributed by atoms with E-state index in [1.54, 1.807) is 0 Å². The van der Waals surface area contributed by atoms with Gasteiger partial charge in [-0.1, -0.05) is 159 Å². The molecule has 0 bridgehead atoms. The molecular formula is C55H45N3OPt. The van der Waals surface area contributed by atoms with Crippen molar-refractivity contribution in [2.75, 3.05) is 0 Å². The maximum absolute atomic E-state index is 5.91. The van der Waals surface area contributed by atoms with Crippen molar-refractivity contribution in [1.82, 2.24) is 14.5 Å². The van der Waals surface area contributed by atoms with Gasteiger partial charge < -0.3 is 4.74 Å². The Bertz CT molecular complexity index is 2970. The van der Waals surface area contributed by atoms with Crippen molar-refractivity contribution in [2.45, 2.75) is 40.0 Å². The van der Waals surface area contributed by atoms with Gasteiger partial charge in [0.05, 0.1) is 22.3 Å². The molecule has 7 aromatic carbocycles. The molecule has 0 N–H and O–H groups in total. The van der Waals surface area contributed by atoms with E-state index in [4.69, 9.17) is 14.7 Å². The molecule has 0 radical (unpaired) electrons. The van der Waals surface area contributed by atoms with Crippen LogP contribution in [0.3, 0.4) is 0 Å². The first kappa shape index (κ1) is 40.4. The summed E-state index contributed by atoms with van der Waals surface area (Å²) >= 11 is 0. The Balaban J connectivity index is 0.00000499. The van der Waals surface area contributed by atoms with E-state index in [-0.39, 0.29) is 26.5 Å². The summed E-state index contributed by atoms with van der Waals surface area (Å²) in [6, 6.07) is 61.6. The predicted octanol–water partition coefficient (Wildman–Crippen LogP) is 14.3. The molecule has 0 aliphatic carbocycles. The van der Waals surface area contributed by atoms with Crippen molar-refractivity contribution in [3.63, 3.8) is 0 Å². The smallest absolute Gasteiger partial charge is 0.665 e. The Hall–Kier alpha value is -6.35. The third-order valence-electron chi connectivity index (χ3n) is 11.0. The van der Waals surface area contributed by atoms with Crippen LogP contribution in [0, 0.1) is 27.0 Å². The number of imidazole rings is 1. The number of benzene rings is 7. The van der Waals surface area contributed by atoms with Crippen molar-refractivity contribution in [3.05, 3.63) is 200 Å². The monoisotopic (exact) mass is 958 g/mol. The zero-order chi connectivity index (χ0) is 40.7. The minimum atomic E-state index is -0.113. The van der Waals surface area contributed by atoms with E-state index in [0.29, 0.717) is 5.75 Å². The fraction of sp³-hybridized carbons (Fsp3) is 0.109. The van der Waals surface area contributed by atoms with Crippen LogP contribution in [-0.4, -0.2) is 14.5 Å². The third-order valence-corrected chi connectivity index (χ3v) is 11.0. The summed E-state index contributed by atoms with van der Waals surface area (Å²) < 4.78 is 8.21. The van der Waals surface area contributed by atoms with Crippen molar-refractivity contribution in [2.24, 2.45) is 0 Å². The van der Waals surface area contributed by atoms with Gasteiger partial charge in [0.15, 0.2) is 0 Å². The SMILES string of the molecule is [CH2-]Oc1c(C)cc(C)cc1-c1nc2c(-c3[c-]c(-c4cc(-c5ccccc5)ccn4)cc(-c4ccccc4)c3)cccc2n1-c1cc(-c2ccccc2)cc(C(C)(C)C)c1.[Pt+2]. The van der Waals surface area contributed by atoms with Crippen molar-refractivity contribution in [3.8, 4) is 78.6 Å². The first-order valence-corrected chi connectivity index (χ1v) is 20.1. The Morgan fingerprint density at radius 2 is 1.20 bits per heavy atom. The Morgan fingerprint density at radius 1 is 0.583 bits per heavy atom. The number of rotatable bonds is 8. The number of hydrogen-bond donors (Lipinski definition) is 0. The van der Waals surface area contributed by atoms with Gasteiger partial charge in [-0.15, -0.1) is 23.8 Å². The summed E-state index contributed by atoms with van der Waals surface area (Å²) in [5.41, 5.74) is 17.3. The summed E-state index contributed by atoms with van der Waals surface area (Å²) in [4.78, 5) is 10.5. The first-order valence-electron chi connectivity index (χ1n) is 20.1. The number of ether oxygens (including phenoxy) is 1. The van der Waals surface area contributed by atoms with Gasteiger partial charge in [0.2, 0.25) is 0 Å². The van der Waals surface area contributed by atoms with E-state index in [1.165, 1.54) is 5.56 Å². The predicted molar refractivity (Wildman–Crippen MR) is 244 cm³/mol. The first-order chi connectivity index (χ1) is 28.6. The molecule has 2 aromatic heterocycles. The molecule has 0 saturated heterocycles. The summed E-state index contributed by atoms with van der Waals surface area (Å²) in [7, 11) is 3.91. The van der Waals surface area contributed by atoms with Crippen LogP contribution in [0.1, 0.15) is 37.5 Å². The number of nitrogens with zero attached hydrogens (tertiary/aromatic N) is 3. The molecule has 5 heteroatoms. The molecule has 9 rings (SSSR count). The quantitative estimate of drug-likeness (QED) is 0.143. The van der Waals surface area contributed by atoms with Crippen LogP contribution < -0.4 is 4.74 Å². The number of para-hydroxylation sites is 1. The molecule has 0 saturated carbocycles. The average molecular weight is 959 g/mol. The second kappa shape index (κ2) is 16.7. The van der Waals surface area contributed by atoms with Gasteiger partial charge in [0.25, 0.3) is 0 Å². The summed E-state index contributed by atoms with van der Waals surface area (Å²) in [5, 5.41) is 0. The van der Waals surface area contributed by atoms with E-state index in [9.17, 15) is 0 Å². The zero-order valence-electron chi connectivity index (χ0n) is 34.4. The van der Waals surface area contributed by atoms with Crippen LogP contribution in [0.5, 0.6) is 5.75 Å². The maximum atomic E-state index is 5.91. The fourth-order valence-corrected chi connectivity index (χ4v) is 8.08. The van der Waals surface area contributed by atoms with Gasteiger partial charge in [-0.2, -0.15) is 7.11 Å². The summed E-state index contributed by atoms with van der Waals surface area (Å²) in [6.07, 6.45) is 1.89. The molecule has 0 aliphatic heterocycles. The van der Waals surface area contributed by atoms with Crippen LogP contribution in [0.4, 0.5) is 0 Å². The second-order valence-electron chi connectivity index (χ2n) is 16.3. The number of pyridine rings is 1. The third kappa shape index (κ3) is 7.88. The zero-order valence-corrected chi connectivity index (χ0v) is 36.7. The molecule has 9 aromatic rings. The topological polar surface area (TPSA) is 39.9 Å². The standard InChI is InChI=1S/C55H45N3O.Pt/c1-36-27-37(2)53(59-6)49(28-36)54-57-52-48(23-16-24-51(52)58(54)47-33-43(40-21-14-9-15-22-40)32-46(35-47)55(3,4)5)44-29-42(39-19-12-8-13-20-39)30-45(31-44)50-34-41(25-26-56-50)38-17-10-7-11-18-38;/h7-30,32-35H,6H2,1-5H3;/q-2;+2. The minimum absolute atomic E-state index is 0. The number of aromatic nitrogens is 3. The molecular weight excluding hydrogens is 914 g/mol. The molecule has 0 spiro atoms. The molecule has 0 atom stereocenters. The summed E-state index contributed by atoms with van der Waals surface area (Å²) in [6.45, 7) is 11.0. The van der Waals surface area contributed by atoms with Crippen LogP contribution >= 0.6 is 0 Å². The normalized spacial score (nSPS) is 11.4. The van der Waals surface area contributed by atoms with Crippen LogP contribution in [0.2, 0.25) is 0 Å². The minimum Gasteiger partial charge on any atom is -0.665 e. The van der Waals surface area contributed by atoms with E-state index in [0.717, 1.165) is 95.0 Å². The van der Waals surface area contributed by atoms with Crippen LogP contribution in [-0.2, 0) is 26.5 Å². The van der Waals surface area contributed by atoms with Gasteiger partial charge in [-0.25, -0.2) is 4.98 Å². The van der Waals surface area contributed by atoms with Gasteiger partial charge in [-0.05, 0) is 94.1 Å². The second-order valence-corrected chi connectivity index (χ2v) is 16.3. The van der Waals surface area contributed by atoms with Crippen molar-refractivity contribution in [1.29, 1.82) is 0 Å². The largest absolute Gasteiger partial charge is 2.00 e. The van der Waals surface area contributed by atoms with E-state index in [1.807, 2.05) is 12.3 Å². The van der Waals surface area contributed by atoms with Gasteiger partial charge in [-0.3, -0.25) is 9.55 Å². The molecule has 0 amide bonds. The molecule has 296 valence electrons. The van der Waals surface area contributed by atoms with E-state index < -0.39 is 0 Å². The number of aryl methyl sites for hydroxylation is 2. The van der Waals surface area contributed by atoms with Gasteiger partial charge in [0.1, 0.15) is 5.82 Å². The van der Waals surface area contributed by atoms with E-state index in [2.05, 4.69) is 210 Å². The number of hydrogen-bond acceptors (Lipinski definition) is 3. The van der Waals surface area contributed by atoms with Crippen molar-refractivity contribution < 1.29 is 25.8 Å². The Kier molecular flexibility index (Phi) is 11.3. The molecule has 0 fully saturated rings. The molecule has 2 heterocycles. The van der Waals surface area contributed by atoms with E-state index >= 15 is 0 Å². The Labute approximate surface area is 367 Å². The molecule has 60 heavy (non-hydrogen) atoms. The van der Waals surface area contributed by atoms with Crippen LogP contribution in [0.25, 0.3) is 83.9 Å². The van der Waals surface area contributed by atoms with Crippen LogP contribution in [0.15, 0.2) is 170 Å². The molecule has 0 aliphatic rings. The van der Waals surface area contributed by atoms with Gasteiger partial charge in [0, 0.05) is 17.6 Å². The average Bonchev–Trinajstić information content (AvgIpc) is 3.66. The summed E-state index contributed by atoms with van der Waals surface area (Å²) in [5.74, 6) is 1.48.